The van der Waals surface area contributed by atoms with Gasteiger partial charge in [-0.15, -0.1) is 0 Å². The second-order valence-corrected chi connectivity index (χ2v) is 3.56. The molecule has 0 radical (unpaired) electrons. The molecule has 1 aromatic rings. The Labute approximate surface area is 95.9 Å². The van der Waals surface area contributed by atoms with Crippen molar-refractivity contribution in [3.8, 4) is 5.75 Å². The Hall–Kier alpha value is -1.10. The SMILES string of the molecule is OCCCNC[C@H](O)COc1ccccc1. The van der Waals surface area contributed by atoms with Crippen molar-refractivity contribution in [3.05, 3.63) is 30.3 Å². The highest BCUT2D eigenvalue weighted by Gasteiger charge is 2.03. The smallest absolute Gasteiger partial charge is 0.119 e. The number of ether oxygens (including phenoxy) is 1. The van der Waals surface area contributed by atoms with E-state index in [4.69, 9.17) is 9.84 Å². The lowest BCUT2D eigenvalue weighted by Crippen LogP contribution is -2.32. The number of para-hydroxylation sites is 1. The van der Waals surface area contributed by atoms with Gasteiger partial charge < -0.3 is 20.3 Å². The Morgan fingerprint density at radius 2 is 2.00 bits per heavy atom. The molecule has 16 heavy (non-hydrogen) atoms. The van der Waals surface area contributed by atoms with Gasteiger partial charge in [0, 0.05) is 13.2 Å². The Kier molecular flexibility index (Phi) is 6.56. The molecule has 90 valence electrons. The van der Waals surface area contributed by atoms with E-state index >= 15 is 0 Å². The van der Waals surface area contributed by atoms with Crippen molar-refractivity contribution in [2.24, 2.45) is 0 Å². The van der Waals surface area contributed by atoms with Gasteiger partial charge in [0.2, 0.25) is 0 Å². The molecule has 4 heteroatoms. The first-order chi connectivity index (χ1) is 7.83. The molecule has 0 aliphatic carbocycles. The largest absolute Gasteiger partial charge is 0.491 e. The molecule has 3 N–H and O–H groups in total. The van der Waals surface area contributed by atoms with Crippen LogP contribution in [0.3, 0.4) is 0 Å². The van der Waals surface area contributed by atoms with Gasteiger partial charge in [-0.2, -0.15) is 0 Å². The molecule has 0 heterocycles. The van der Waals surface area contributed by atoms with Crippen LogP contribution in [0.5, 0.6) is 5.75 Å². The van der Waals surface area contributed by atoms with Crippen LogP contribution in [0.4, 0.5) is 0 Å². The first-order valence-corrected chi connectivity index (χ1v) is 5.50. The third kappa shape index (κ3) is 5.70. The van der Waals surface area contributed by atoms with Crippen LogP contribution >= 0.6 is 0 Å². The fourth-order valence-electron chi connectivity index (χ4n) is 1.24. The van der Waals surface area contributed by atoms with E-state index in [2.05, 4.69) is 5.32 Å². The lowest BCUT2D eigenvalue weighted by molar-refractivity contribution is 0.106. The van der Waals surface area contributed by atoms with Gasteiger partial charge in [-0.05, 0) is 25.1 Å². The lowest BCUT2D eigenvalue weighted by Gasteiger charge is -2.12. The molecule has 0 aliphatic heterocycles. The zero-order valence-corrected chi connectivity index (χ0v) is 9.30. The molecule has 0 aliphatic rings. The van der Waals surface area contributed by atoms with E-state index in [1.165, 1.54) is 0 Å². The molecular weight excluding hydrogens is 206 g/mol. The van der Waals surface area contributed by atoms with Gasteiger partial charge in [0.15, 0.2) is 0 Å². The first-order valence-electron chi connectivity index (χ1n) is 5.50. The summed E-state index contributed by atoms with van der Waals surface area (Å²) in [7, 11) is 0. The molecule has 0 saturated heterocycles. The molecule has 0 aromatic heterocycles. The normalized spacial score (nSPS) is 12.4. The fraction of sp³-hybridized carbons (Fsp3) is 0.500. The maximum Gasteiger partial charge on any atom is 0.119 e. The third-order valence-electron chi connectivity index (χ3n) is 2.08. The number of hydrogen-bond donors (Lipinski definition) is 3. The van der Waals surface area contributed by atoms with Gasteiger partial charge in [0.05, 0.1) is 0 Å². The van der Waals surface area contributed by atoms with E-state index in [0.29, 0.717) is 19.5 Å². The van der Waals surface area contributed by atoms with E-state index in [1.54, 1.807) is 0 Å². The fourth-order valence-corrected chi connectivity index (χ4v) is 1.24. The second kappa shape index (κ2) is 8.10. The van der Waals surface area contributed by atoms with Gasteiger partial charge >= 0.3 is 0 Å². The van der Waals surface area contributed by atoms with Gasteiger partial charge in [-0.25, -0.2) is 0 Å². The molecular formula is C12H19NO3. The van der Waals surface area contributed by atoms with Crippen molar-refractivity contribution >= 4 is 0 Å². The van der Waals surface area contributed by atoms with E-state index in [1.807, 2.05) is 30.3 Å². The van der Waals surface area contributed by atoms with Crippen LogP contribution in [0.25, 0.3) is 0 Å². The highest BCUT2D eigenvalue weighted by molar-refractivity contribution is 5.20. The minimum absolute atomic E-state index is 0.170. The first kappa shape index (κ1) is 13.0. The van der Waals surface area contributed by atoms with Crippen LogP contribution in [0, 0.1) is 0 Å². The van der Waals surface area contributed by atoms with E-state index < -0.39 is 6.10 Å². The zero-order valence-electron chi connectivity index (χ0n) is 9.30. The summed E-state index contributed by atoms with van der Waals surface area (Å²) in [5.74, 6) is 0.761. The highest BCUT2D eigenvalue weighted by Crippen LogP contribution is 2.08. The van der Waals surface area contributed by atoms with E-state index in [9.17, 15) is 5.11 Å². The number of aliphatic hydroxyl groups is 2. The minimum atomic E-state index is -0.529. The average molecular weight is 225 g/mol. The quantitative estimate of drug-likeness (QED) is 0.560. The molecule has 1 rings (SSSR count). The number of aliphatic hydroxyl groups excluding tert-OH is 2. The lowest BCUT2D eigenvalue weighted by atomic mass is 10.3. The van der Waals surface area contributed by atoms with Crippen LogP contribution in [-0.4, -0.2) is 42.6 Å². The maximum atomic E-state index is 9.56. The Bertz CT molecular complexity index is 266. The topological polar surface area (TPSA) is 61.7 Å². The standard InChI is InChI=1S/C12H19NO3/c14-8-4-7-13-9-11(15)10-16-12-5-2-1-3-6-12/h1-3,5-6,11,13-15H,4,7-10H2/t11-/m0/s1. The summed E-state index contributed by atoms with van der Waals surface area (Å²) in [5.41, 5.74) is 0. The molecule has 0 unspecified atom stereocenters. The Morgan fingerprint density at radius 1 is 1.25 bits per heavy atom. The Morgan fingerprint density at radius 3 is 2.69 bits per heavy atom. The molecule has 0 fully saturated rings. The predicted molar refractivity (Wildman–Crippen MR) is 62.5 cm³/mol. The van der Waals surface area contributed by atoms with Gasteiger partial charge in [-0.3, -0.25) is 0 Å². The maximum absolute atomic E-state index is 9.56. The molecule has 0 amide bonds. The highest BCUT2D eigenvalue weighted by atomic mass is 16.5. The minimum Gasteiger partial charge on any atom is -0.491 e. The summed E-state index contributed by atoms with van der Waals surface area (Å²) in [6, 6.07) is 9.40. The number of nitrogens with one attached hydrogen (secondary N) is 1. The van der Waals surface area contributed by atoms with Crippen molar-refractivity contribution in [1.29, 1.82) is 0 Å². The molecule has 0 saturated carbocycles. The van der Waals surface area contributed by atoms with E-state index in [0.717, 1.165) is 5.75 Å². The van der Waals surface area contributed by atoms with Crippen molar-refractivity contribution in [1.82, 2.24) is 5.32 Å². The summed E-state index contributed by atoms with van der Waals surface area (Å²) < 4.78 is 5.39. The van der Waals surface area contributed by atoms with E-state index in [-0.39, 0.29) is 13.2 Å². The molecule has 1 atom stereocenters. The monoisotopic (exact) mass is 225 g/mol. The second-order valence-electron chi connectivity index (χ2n) is 3.56. The molecule has 4 nitrogen and oxygen atoms in total. The van der Waals surface area contributed by atoms with Crippen molar-refractivity contribution in [3.63, 3.8) is 0 Å². The van der Waals surface area contributed by atoms with Crippen LogP contribution in [-0.2, 0) is 0 Å². The molecule has 1 aromatic carbocycles. The van der Waals surface area contributed by atoms with Crippen LogP contribution in [0.15, 0.2) is 30.3 Å². The van der Waals surface area contributed by atoms with Gasteiger partial charge in [0.25, 0.3) is 0 Å². The summed E-state index contributed by atoms with van der Waals surface area (Å²) >= 11 is 0. The molecule has 0 bridgehead atoms. The number of rotatable bonds is 8. The summed E-state index contributed by atoms with van der Waals surface area (Å²) in [4.78, 5) is 0. The summed E-state index contributed by atoms with van der Waals surface area (Å²) in [6.07, 6.45) is 0.172. The van der Waals surface area contributed by atoms with Crippen molar-refractivity contribution in [2.75, 3.05) is 26.3 Å². The van der Waals surface area contributed by atoms with Gasteiger partial charge in [-0.1, -0.05) is 18.2 Å². The number of benzene rings is 1. The summed E-state index contributed by atoms with van der Waals surface area (Å²) in [5, 5.41) is 21.1. The van der Waals surface area contributed by atoms with Gasteiger partial charge in [0.1, 0.15) is 18.5 Å². The Balaban J connectivity index is 2.08. The van der Waals surface area contributed by atoms with Crippen LogP contribution < -0.4 is 10.1 Å². The zero-order chi connectivity index (χ0) is 11.6. The van der Waals surface area contributed by atoms with Crippen molar-refractivity contribution < 1.29 is 14.9 Å². The average Bonchev–Trinajstić information content (AvgIpc) is 2.33. The summed E-state index contributed by atoms with van der Waals surface area (Å²) in [6.45, 7) is 1.63. The predicted octanol–water partition coefficient (Wildman–Crippen LogP) is 0.398. The number of hydrogen-bond acceptors (Lipinski definition) is 4. The molecule has 0 spiro atoms. The third-order valence-corrected chi connectivity index (χ3v) is 2.08. The van der Waals surface area contributed by atoms with Crippen LogP contribution in [0.2, 0.25) is 0 Å². The van der Waals surface area contributed by atoms with Crippen molar-refractivity contribution in [2.45, 2.75) is 12.5 Å². The van der Waals surface area contributed by atoms with Crippen LogP contribution in [0.1, 0.15) is 6.42 Å².